The van der Waals surface area contributed by atoms with E-state index in [0.717, 1.165) is 19.4 Å². The van der Waals surface area contributed by atoms with Gasteiger partial charge in [-0.05, 0) is 12.1 Å². The molecular weight excluding hydrogens is 480 g/mol. The van der Waals surface area contributed by atoms with Crippen molar-refractivity contribution < 1.29 is 33.7 Å². The number of methoxy groups -OCH3 is 1. The van der Waals surface area contributed by atoms with Gasteiger partial charge in [0.2, 0.25) is 5.75 Å². The van der Waals surface area contributed by atoms with Crippen molar-refractivity contribution in [2.45, 2.75) is 12.3 Å². The maximum Gasteiger partial charge on any atom is 0.306 e. The molecule has 0 amide bonds. The average molecular weight is 500 g/mol. The predicted octanol–water partition coefficient (Wildman–Crippen LogP) is 4.38. The van der Waals surface area contributed by atoms with Gasteiger partial charge in [-0.25, -0.2) is 0 Å². The quantitative estimate of drug-likeness (QED) is 0.236. The van der Waals surface area contributed by atoms with E-state index < -0.39 is 51.8 Å². The van der Waals surface area contributed by atoms with Gasteiger partial charge in [-0.1, -0.05) is 42.5 Å². The fourth-order valence-corrected chi connectivity index (χ4v) is 4.39. The average Bonchev–Trinajstić information content (AvgIpc) is 2.91. The minimum atomic E-state index is -1.28. The molecule has 5 aromatic rings. The van der Waals surface area contributed by atoms with E-state index in [1.807, 2.05) is 0 Å². The number of aromatic hydroxyl groups is 3. The highest BCUT2D eigenvalue weighted by Crippen LogP contribution is 2.49. The van der Waals surface area contributed by atoms with Crippen LogP contribution in [0.5, 0.6) is 17.2 Å². The fourth-order valence-electron chi connectivity index (χ4n) is 4.39. The number of esters is 1. The smallest absolute Gasteiger partial charge is 0.306 e. The molecule has 9 nitrogen and oxygen atoms in total. The van der Waals surface area contributed by atoms with E-state index in [-0.39, 0.29) is 27.9 Å². The van der Waals surface area contributed by atoms with Crippen molar-refractivity contribution in [3.63, 3.8) is 0 Å². The molecule has 0 radical (unpaired) electrons. The summed E-state index contributed by atoms with van der Waals surface area (Å²) in [6.07, 6.45) is 0.665. The number of rotatable bonds is 5. The number of para-hydroxylation sites is 1. The highest BCUT2D eigenvalue weighted by atomic mass is 16.5. The van der Waals surface area contributed by atoms with Crippen molar-refractivity contribution in [1.29, 1.82) is 0 Å². The zero-order valence-corrected chi connectivity index (χ0v) is 19.4. The molecule has 0 saturated heterocycles. The Bertz CT molecular complexity index is 1780. The second-order valence-electron chi connectivity index (χ2n) is 8.35. The van der Waals surface area contributed by atoms with E-state index in [1.54, 1.807) is 54.6 Å². The summed E-state index contributed by atoms with van der Waals surface area (Å²) in [6, 6.07) is 16.2. The van der Waals surface area contributed by atoms with E-state index in [0.29, 0.717) is 11.1 Å². The summed E-state index contributed by atoms with van der Waals surface area (Å²) in [5, 5.41) is 31.8. The summed E-state index contributed by atoms with van der Waals surface area (Å²) >= 11 is 0. The highest BCUT2D eigenvalue weighted by molar-refractivity contribution is 5.94. The molecule has 9 heteroatoms. The van der Waals surface area contributed by atoms with Crippen molar-refractivity contribution in [3.05, 3.63) is 98.5 Å². The van der Waals surface area contributed by atoms with Crippen molar-refractivity contribution in [3.8, 4) is 28.6 Å². The van der Waals surface area contributed by atoms with Crippen molar-refractivity contribution >= 4 is 27.9 Å². The molecule has 2 aromatic heterocycles. The lowest BCUT2D eigenvalue weighted by molar-refractivity contribution is -0.140. The van der Waals surface area contributed by atoms with Crippen molar-refractivity contribution in [2.24, 2.45) is 0 Å². The predicted molar refractivity (Wildman–Crippen MR) is 134 cm³/mol. The van der Waals surface area contributed by atoms with Crippen LogP contribution in [0, 0.1) is 0 Å². The van der Waals surface area contributed by atoms with Crippen LogP contribution in [0.4, 0.5) is 0 Å². The summed E-state index contributed by atoms with van der Waals surface area (Å²) < 4.78 is 16.4. The molecule has 3 N–H and O–H groups in total. The summed E-state index contributed by atoms with van der Waals surface area (Å²) in [5.41, 5.74) is -1.01. The maximum atomic E-state index is 13.5. The molecule has 5 rings (SSSR count). The lowest BCUT2D eigenvalue weighted by Gasteiger charge is -2.20. The first-order valence-corrected chi connectivity index (χ1v) is 11.2. The van der Waals surface area contributed by atoms with E-state index in [4.69, 9.17) is 13.6 Å². The first kappa shape index (κ1) is 23.7. The Morgan fingerprint density at radius 2 is 1.65 bits per heavy atom. The molecule has 186 valence electrons. The third-order valence-corrected chi connectivity index (χ3v) is 6.22. The van der Waals surface area contributed by atoms with E-state index in [9.17, 15) is 29.7 Å². The minimum absolute atomic E-state index is 0.0569. The van der Waals surface area contributed by atoms with Crippen LogP contribution < -0.4 is 10.9 Å². The molecule has 3 aromatic carbocycles. The number of ether oxygens (including phenoxy) is 1. The van der Waals surface area contributed by atoms with E-state index in [1.165, 1.54) is 0 Å². The van der Waals surface area contributed by atoms with Gasteiger partial charge in [0, 0.05) is 28.7 Å². The third-order valence-electron chi connectivity index (χ3n) is 6.22. The van der Waals surface area contributed by atoms with Gasteiger partial charge in [0.15, 0.2) is 22.4 Å². The Morgan fingerprint density at radius 1 is 0.946 bits per heavy atom. The Kier molecular flexibility index (Phi) is 5.88. The van der Waals surface area contributed by atoms with Crippen LogP contribution in [-0.4, -0.2) is 28.4 Å². The largest absolute Gasteiger partial charge is 0.504 e. The number of carbonyl (C=O) groups excluding carboxylic acids is 1. The Hall–Kier alpha value is -5.05. The van der Waals surface area contributed by atoms with Crippen LogP contribution in [0.3, 0.4) is 0 Å². The summed E-state index contributed by atoms with van der Waals surface area (Å²) in [5.74, 6) is -4.68. The molecule has 0 spiro atoms. The van der Waals surface area contributed by atoms with Crippen LogP contribution in [-0.2, 0) is 9.53 Å². The van der Waals surface area contributed by atoms with E-state index in [2.05, 4.69) is 0 Å². The molecule has 37 heavy (non-hydrogen) atoms. The number of carbonyl (C=O) groups is 1. The van der Waals surface area contributed by atoms with Crippen LogP contribution >= 0.6 is 0 Å². The molecule has 0 unspecified atom stereocenters. The van der Waals surface area contributed by atoms with Crippen molar-refractivity contribution in [2.75, 3.05) is 7.11 Å². The Labute approximate surface area is 208 Å². The van der Waals surface area contributed by atoms with Crippen LogP contribution in [0.2, 0.25) is 0 Å². The van der Waals surface area contributed by atoms with Gasteiger partial charge in [0.05, 0.1) is 25.2 Å². The maximum absolute atomic E-state index is 13.5. The molecule has 0 fully saturated rings. The summed E-state index contributed by atoms with van der Waals surface area (Å²) in [4.78, 5) is 39.0. The Balaban J connectivity index is 1.89. The number of phenolic OH excluding ortho intramolecular Hbond substituents is 3. The third kappa shape index (κ3) is 3.96. The Morgan fingerprint density at radius 3 is 2.38 bits per heavy atom. The zero-order chi connectivity index (χ0) is 26.3. The summed E-state index contributed by atoms with van der Waals surface area (Å²) in [6.45, 7) is 0. The molecule has 0 aliphatic rings. The first-order chi connectivity index (χ1) is 17.8. The zero-order valence-electron chi connectivity index (χ0n) is 19.4. The molecular formula is C28H20O9. The number of phenols is 3. The lowest BCUT2D eigenvalue weighted by Crippen LogP contribution is -2.19. The van der Waals surface area contributed by atoms with Gasteiger partial charge in [-0.15, -0.1) is 0 Å². The first-order valence-electron chi connectivity index (χ1n) is 11.2. The number of fused-ring (bicyclic) bond motifs is 2. The van der Waals surface area contributed by atoms with Gasteiger partial charge >= 0.3 is 5.97 Å². The molecule has 0 bridgehead atoms. The normalized spacial score (nSPS) is 12.0. The highest BCUT2D eigenvalue weighted by Gasteiger charge is 2.33. The lowest BCUT2D eigenvalue weighted by atomic mass is 9.86. The van der Waals surface area contributed by atoms with Crippen LogP contribution in [0.25, 0.3) is 33.3 Å². The number of hydrogen-bond donors (Lipinski definition) is 3. The van der Waals surface area contributed by atoms with Gasteiger partial charge in [0.1, 0.15) is 22.3 Å². The topological polar surface area (TPSA) is 147 Å². The molecule has 0 saturated carbocycles. The number of benzene rings is 3. The molecule has 0 aliphatic heterocycles. The molecule has 2 heterocycles. The van der Waals surface area contributed by atoms with Crippen LogP contribution in [0.1, 0.15) is 23.5 Å². The van der Waals surface area contributed by atoms with E-state index >= 15 is 0 Å². The van der Waals surface area contributed by atoms with Gasteiger partial charge in [-0.2, -0.15) is 0 Å². The van der Waals surface area contributed by atoms with Gasteiger partial charge in [-0.3, -0.25) is 14.4 Å². The standard InChI is InChI=1S/C28H20O9/c1-35-21(30)11-16(17-13-36-19-10-6-5-9-15(19)24(17)31)22-25(32)27(34)26(33)23-18(29)12-20(37-28(22)23)14-7-3-2-4-8-14/h2-10,12-13,16,32-34H,11H2,1H3/t16-/m1/s1. The second kappa shape index (κ2) is 9.19. The monoisotopic (exact) mass is 500 g/mol. The minimum Gasteiger partial charge on any atom is -0.504 e. The molecule has 1 atom stereocenters. The number of hydrogen-bond acceptors (Lipinski definition) is 9. The van der Waals surface area contributed by atoms with Gasteiger partial charge in [0.25, 0.3) is 0 Å². The summed E-state index contributed by atoms with van der Waals surface area (Å²) in [7, 11) is 1.15. The van der Waals surface area contributed by atoms with Crippen LogP contribution in [0.15, 0.2) is 85.4 Å². The van der Waals surface area contributed by atoms with Crippen molar-refractivity contribution in [1.82, 2.24) is 0 Å². The molecule has 0 aliphatic carbocycles. The SMILES string of the molecule is COC(=O)C[C@H](c1coc2ccccc2c1=O)c1c(O)c(O)c(O)c2c(=O)cc(-c3ccccc3)oc12. The fraction of sp³-hybridized carbons (Fsp3) is 0.107. The second-order valence-corrected chi connectivity index (χ2v) is 8.35. The van der Waals surface area contributed by atoms with Gasteiger partial charge < -0.3 is 28.9 Å².